The summed E-state index contributed by atoms with van der Waals surface area (Å²) in [6.07, 6.45) is 0.719. The molecule has 1 heterocycles. The van der Waals surface area contributed by atoms with Crippen LogP contribution >= 0.6 is 11.6 Å². The number of carbonyl (C=O) groups excluding carboxylic acids is 1. The Morgan fingerprint density at radius 1 is 1.11 bits per heavy atom. The highest BCUT2D eigenvalue weighted by molar-refractivity contribution is 6.33. The molecule has 10 heteroatoms. The van der Waals surface area contributed by atoms with Crippen LogP contribution in [0.25, 0.3) is 0 Å². The number of allylic oxidation sites excluding steroid dienone is 3. The second-order valence-electron chi connectivity index (χ2n) is 12.0. The first-order valence-corrected chi connectivity index (χ1v) is 14.5. The van der Waals surface area contributed by atoms with Crippen molar-refractivity contribution in [1.29, 1.82) is 5.26 Å². The van der Waals surface area contributed by atoms with Crippen LogP contribution in [0.2, 0.25) is 5.02 Å². The molecule has 0 fully saturated rings. The van der Waals surface area contributed by atoms with Crippen LogP contribution in [-0.2, 0) is 11.4 Å². The average molecular weight is 613 g/mol. The molecule has 5 rings (SSSR count). The zero-order valence-electron chi connectivity index (χ0n) is 25.2. The molecule has 0 saturated heterocycles. The first-order valence-electron chi connectivity index (χ1n) is 14.1. The van der Waals surface area contributed by atoms with E-state index in [1.807, 2.05) is 64.1 Å². The number of nitro groups is 1. The van der Waals surface area contributed by atoms with Crippen molar-refractivity contribution >= 4 is 28.8 Å². The molecule has 3 aromatic rings. The van der Waals surface area contributed by atoms with Gasteiger partial charge in [-0.15, -0.1) is 0 Å². The van der Waals surface area contributed by atoms with Gasteiger partial charge in [0.2, 0.25) is 0 Å². The Balaban J connectivity index is 1.67. The molecule has 0 aromatic heterocycles. The Labute approximate surface area is 261 Å². The fourth-order valence-corrected chi connectivity index (χ4v) is 6.33. The van der Waals surface area contributed by atoms with Crippen LogP contribution in [-0.4, -0.2) is 17.8 Å². The maximum absolute atomic E-state index is 14.0. The fourth-order valence-electron chi connectivity index (χ4n) is 6.13. The minimum Gasteiger partial charge on any atom is -0.497 e. The number of ether oxygens (including phenoxy) is 2. The number of carbonyl (C=O) groups is 1. The molecule has 3 aromatic carbocycles. The number of rotatable bonds is 7. The van der Waals surface area contributed by atoms with E-state index in [9.17, 15) is 20.2 Å². The summed E-state index contributed by atoms with van der Waals surface area (Å²) in [5.74, 6) is 0.645. The van der Waals surface area contributed by atoms with E-state index in [2.05, 4.69) is 6.07 Å². The van der Waals surface area contributed by atoms with E-state index < -0.39 is 16.3 Å². The molecule has 1 unspecified atom stereocenters. The largest absolute Gasteiger partial charge is 0.497 e. The maximum Gasteiger partial charge on any atom is 0.271 e. The minimum atomic E-state index is -0.730. The summed E-state index contributed by atoms with van der Waals surface area (Å²) < 4.78 is 11.3. The summed E-state index contributed by atoms with van der Waals surface area (Å²) in [6.45, 7) is 8.15. The van der Waals surface area contributed by atoms with Crippen molar-refractivity contribution < 1.29 is 19.2 Å². The molecule has 0 spiro atoms. The summed E-state index contributed by atoms with van der Waals surface area (Å²) in [4.78, 5) is 26.8. The number of hydrogen-bond donors (Lipinski definition) is 1. The lowest BCUT2D eigenvalue weighted by atomic mass is 9.68. The van der Waals surface area contributed by atoms with Gasteiger partial charge >= 0.3 is 0 Å². The molecule has 0 saturated carbocycles. The number of anilines is 1. The second kappa shape index (κ2) is 11.7. The highest BCUT2D eigenvalue weighted by Gasteiger charge is 2.45. The third-order valence-corrected chi connectivity index (χ3v) is 8.55. The number of aryl methyl sites for hydroxylation is 1. The summed E-state index contributed by atoms with van der Waals surface area (Å²) in [5.41, 5.74) is 11.1. The van der Waals surface area contributed by atoms with Gasteiger partial charge in [0.15, 0.2) is 5.78 Å². The van der Waals surface area contributed by atoms with E-state index in [0.29, 0.717) is 23.4 Å². The summed E-state index contributed by atoms with van der Waals surface area (Å²) in [5, 5.41) is 22.4. The van der Waals surface area contributed by atoms with Gasteiger partial charge in [-0.1, -0.05) is 43.1 Å². The molecule has 1 aliphatic heterocycles. The van der Waals surface area contributed by atoms with Crippen LogP contribution in [0.15, 0.2) is 77.3 Å². The Morgan fingerprint density at radius 2 is 1.80 bits per heavy atom. The van der Waals surface area contributed by atoms with E-state index in [4.69, 9.17) is 26.8 Å². The molecule has 2 aliphatic rings. The van der Waals surface area contributed by atoms with Crippen molar-refractivity contribution in [3.05, 3.63) is 115 Å². The predicted molar refractivity (Wildman–Crippen MR) is 168 cm³/mol. The van der Waals surface area contributed by atoms with E-state index >= 15 is 0 Å². The van der Waals surface area contributed by atoms with Crippen LogP contribution in [0.4, 0.5) is 11.4 Å². The number of Topliss-reactive ketones (excluding diaryl/α,β-unsaturated/α-hetero) is 1. The zero-order chi connectivity index (χ0) is 31.9. The number of benzene rings is 3. The van der Waals surface area contributed by atoms with Crippen molar-refractivity contribution in [3.63, 3.8) is 0 Å². The maximum atomic E-state index is 14.0. The average Bonchev–Trinajstić information content (AvgIpc) is 2.97. The van der Waals surface area contributed by atoms with Gasteiger partial charge in [0, 0.05) is 29.8 Å². The Morgan fingerprint density at radius 3 is 2.43 bits per heavy atom. The Kier molecular flexibility index (Phi) is 8.15. The van der Waals surface area contributed by atoms with Crippen molar-refractivity contribution in [3.8, 4) is 17.6 Å². The number of methoxy groups -OCH3 is 1. The van der Waals surface area contributed by atoms with Crippen LogP contribution in [0.3, 0.4) is 0 Å². The highest BCUT2D eigenvalue weighted by Crippen LogP contribution is 2.52. The van der Waals surface area contributed by atoms with Gasteiger partial charge in [-0.3, -0.25) is 19.8 Å². The number of halogens is 1. The van der Waals surface area contributed by atoms with Crippen LogP contribution in [0, 0.1) is 40.7 Å². The van der Waals surface area contributed by atoms with Crippen molar-refractivity contribution in [2.75, 3.05) is 12.0 Å². The number of nitro benzene ring substituents is 1. The smallest absolute Gasteiger partial charge is 0.271 e. The normalized spacial score (nSPS) is 17.7. The SMILES string of the molecule is COc1ccc(OCc2cc(C)cc(C3C(C#N)=C(N)N(c4cc([N+](=O)[O-])ccc4Cl)C4=C3C(=O)CC(C)(C)C4)c2C)cc1. The third-order valence-electron chi connectivity index (χ3n) is 8.23. The fraction of sp³-hybridized carbons (Fsp3) is 0.294. The lowest BCUT2D eigenvalue weighted by Crippen LogP contribution is -2.42. The lowest BCUT2D eigenvalue weighted by Gasteiger charge is -2.44. The minimum absolute atomic E-state index is 0.0843. The van der Waals surface area contributed by atoms with E-state index in [1.165, 1.54) is 18.2 Å². The summed E-state index contributed by atoms with van der Waals surface area (Å²) in [7, 11) is 1.60. The molecular formula is C34H33ClN4O5. The number of nitrogens with zero attached hydrogens (tertiary/aromatic N) is 3. The number of nitriles is 1. The van der Waals surface area contributed by atoms with Crippen molar-refractivity contribution in [2.24, 2.45) is 11.1 Å². The van der Waals surface area contributed by atoms with Gasteiger partial charge < -0.3 is 15.2 Å². The molecule has 9 nitrogen and oxygen atoms in total. The summed E-state index contributed by atoms with van der Waals surface area (Å²) >= 11 is 6.60. The quantitative estimate of drug-likeness (QED) is 0.216. The molecular weight excluding hydrogens is 580 g/mol. The molecule has 0 amide bonds. The number of nitrogens with two attached hydrogens (primary N) is 1. The molecule has 0 bridgehead atoms. The topological polar surface area (TPSA) is 132 Å². The van der Waals surface area contributed by atoms with Gasteiger partial charge in [0.1, 0.15) is 23.9 Å². The van der Waals surface area contributed by atoms with E-state index in [0.717, 1.165) is 28.0 Å². The van der Waals surface area contributed by atoms with Crippen LogP contribution < -0.4 is 20.1 Å². The van der Waals surface area contributed by atoms with Gasteiger partial charge in [-0.05, 0) is 72.7 Å². The van der Waals surface area contributed by atoms with Crippen LogP contribution in [0.1, 0.15) is 54.9 Å². The standard InChI is InChI=1S/C34H33ClN4O5/c1-19-12-21(18-44-24-9-7-23(43-5)8-10-24)20(2)25(13-19)31-26(17-36)33(37)38(28-14-22(39(41)42)6-11-27(28)35)29-15-34(3,4)16-30(40)32(29)31/h6-14,31H,15-16,18,37H2,1-5H3. The van der Waals surface area contributed by atoms with Gasteiger partial charge in [-0.2, -0.15) is 5.26 Å². The number of hydrogen-bond acceptors (Lipinski definition) is 8. The molecule has 44 heavy (non-hydrogen) atoms. The van der Waals surface area contributed by atoms with Gasteiger partial charge in [0.05, 0.1) is 40.3 Å². The van der Waals surface area contributed by atoms with E-state index in [1.54, 1.807) is 12.0 Å². The molecule has 1 atom stereocenters. The molecule has 1 aliphatic carbocycles. The zero-order valence-corrected chi connectivity index (χ0v) is 26.0. The molecule has 226 valence electrons. The molecule has 0 radical (unpaired) electrons. The monoisotopic (exact) mass is 612 g/mol. The number of ketones is 1. The first-order chi connectivity index (χ1) is 20.8. The predicted octanol–water partition coefficient (Wildman–Crippen LogP) is 7.39. The molecule has 2 N–H and O–H groups in total. The lowest BCUT2D eigenvalue weighted by molar-refractivity contribution is -0.384. The Bertz CT molecular complexity index is 1790. The Hall–Kier alpha value is -4.81. The summed E-state index contributed by atoms with van der Waals surface area (Å²) in [6, 6.07) is 17.6. The third kappa shape index (κ3) is 5.61. The second-order valence-corrected chi connectivity index (χ2v) is 12.4. The van der Waals surface area contributed by atoms with Gasteiger partial charge in [-0.25, -0.2) is 0 Å². The first kappa shape index (κ1) is 30.6. The number of non-ortho nitro benzene ring substituents is 1. The van der Waals surface area contributed by atoms with E-state index in [-0.39, 0.29) is 46.6 Å². The highest BCUT2D eigenvalue weighted by atomic mass is 35.5. The van der Waals surface area contributed by atoms with Crippen LogP contribution in [0.5, 0.6) is 11.5 Å². The van der Waals surface area contributed by atoms with Gasteiger partial charge in [0.25, 0.3) is 5.69 Å². The van der Waals surface area contributed by atoms with Crippen molar-refractivity contribution in [1.82, 2.24) is 0 Å². The van der Waals surface area contributed by atoms with Crippen molar-refractivity contribution in [2.45, 2.75) is 53.1 Å².